The van der Waals surface area contributed by atoms with Crippen LogP contribution in [0.2, 0.25) is 0 Å². The molecule has 1 amide bonds. The lowest BCUT2D eigenvalue weighted by molar-refractivity contribution is 0.0844. The van der Waals surface area contributed by atoms with Crippen molar-refractivity contribution in [3.05, 3.63) is 30.0 Å². The lowest BCUT2D eigenvalue weighted by Gasteiger charge is -2.34. The van der Waals surface area contributed by atoms with Crippen LogP contribution in [0.4, 0.5) is 0 Å². The summed E-state index contributed by atoms with van der Waals surface area (Å²) >= 11 is 0. The third-order valence-electron chi connectivity index (χ3n) is 5.41. The first-order chi connectivity index (χ1) is 13.4. The number of benzene rings is 1. The Bertz CT molecular complexity index is 776. The van der Waals surface area contributed by atoms with E-state index in [1.807, 2.05) is 38.4 Å². The van der Waals surface area contributed by atoms with E-state index in [0.29, 0.717) is 18.3 Å². The molecule has 1 aromatic heterocycles. The second kappa shape index (κ2) is 9.43. The highest BCUT2D eigenvalue weighted by Gasteiger charge is 2.22. The third-order valence-corrected chi connectivity index (χ3v) is 5.41. The molecule has 0 unspecified atom stereocenters. The molecule has 1 fully saturated rings. The first kappa shape index (κ1) is 20.7. The van der Waals surface area contributed by atoms with E-state index in [4.69, 9.17) is 4.74 Å². The van der Waals surface area contributed by atoms with Crippen molar-refractivity contribution < 1.29 is 9.53 Å². The Morgan fingerprint density at radius 2 is 2.04 bits per heavy atom. The summed E-state index contributed by atoms with van der Waals surface area (Å²) in [5.41, 5.74) is 1.56. The molecule has 2 aromatic rings. The minimum absolute atomic E-state index is 0.0570. The van der Waals surface area contributed by atoms with Gasteiger partial charge in [0.2, 0.25) is 0 Å². The normalized spacial score (nSPS) is 16.2. The second-order valence-corrected chi connectivity index (χ2v) is 8.29. The van der Waals surface area contributed by atoms with Crippen LogP contribution in [-0.4, -0.2) is 73.1 Å². The maximum absolute atomic E-state index is 12.4. The van der Waals surface area contributed by atoms with E-state index < -0.39 is 0 Å². The summed E-state index contributed by atoms with van der Waals surface area (Å²) in [4.78, 5) is 20.2. The molecule has 0 spiro atoms. The van der Waals surface area contributed by atoms with Gasteiger partial charge in [-0.15, -0.1) is 0 Å². The summed E-state index contributed by atoms with van der Waals surface area (Å²) in [6.45, 7) is 8.31. The summed E-state index contributed by atoms with van der Waals surface area (Å²) in [6, 6.07) is 8.53. The fourth-order valence-electron chi connectivity index (χ4n) is 3.70. The zero-order chi connectivity index (χ0) is 20.1. The average Bonchev–Trinajstić information content (AvgIpc) is 3.09. The second-order valence-electron chi connectivity index (χ2n) is 8.29. The van der Waals surface area contributed by atoms with Gasteiger partial charge in [0.25, 0.3) is 5.91 Å². The van der Waals surface area contributed by atoms with Crippen molar-refractivity contribution in [3.63, 3.8) is 0 Å². The van der Waals surface area contributed by atoms with E-state index in [0.717, 1.165) is 55.5 Å². The molecular formula is C22H34N4O2. The molecule has 6 heteroatoms. The number of nitrogens with one attached hydrogen (secondary N) is 2. The van der Waals surface area contributed by atoms with Gasteiger partial charge in [-0.2, -0.15) is 0 Å². The summed E-state index contributed by atoms with van der Waals surface area (Å²) < 4.78 is 6.22. The van der Waals surface area contributed by atoms with Crippen molar-refractivity contribution in [1.29, 1.82) is 0 Å². The zero-order valence-corrected chi connectivity index (χ0v) is 17.6. The van der Waals surface area contributed by atoms with E-state index in [2.05, 4.69) is 33.9 Å². The van der Waals surface area contributed by atoms with Crippen LogP contribution >= 0.6 is 0 Å². The molecule has 6 nitrogen and oxygen atoms in total. The Morgan fingerprint density at radius 1 is 1.29 bits per heavy atom. The first-order valence-electron chi connectivity index (χ1n) is 10.4. The minimum Gasteiger partial charge on any atom is -0.490 e. The number of piperidine rings is 1. The lowest BCUT2D eigenvalue weighted by atomic mass is 10.1. The molecule has 1 aliphatic heterocycles. The number of amides is 1. The molecule has 0 saturated carbocycles. The fraction of sp³-hybridized carbons (Fsp3) is 0.591. The van der Waals surface area contributed by atoms with Crippen LogP contribution in [0.5, 0.6) is 5.75 Å². The van der Waals surface area contributed by atoms with E-state index >= 15 is 0 Å². The molecule has 28 heavy (non-hydrogen) atoms. The lowest BCUT2D eigenvalue weighted by Crippen LogP contribution is -2.41. The molecule has 154 valence electrons. The number of carbonyl (C=O) groups is 1. The first-order valence-corrected chi connectivity index (χ1v) is 10.4. The van der Waals surface area contributed by atoms with Crippen LogP contribution in [0.3, 0.4) is 0 Å². The Morgan fingerprint density at radius 3 is 2.71 bits per heavy atom. The van der Waals surface area contributed by atoms with Gasteiger partial charge in [0, 0.05) is 36.6 Å². The van der Waals surface area contributed by atoms with Gasteiger partial charge in [0.15, 0.2) is 0 Å². The topological polar surface area (TPSA) is 60.6 Å². The highest BCUT2D eigenvalue weighted by atomic mass is 16.5. The number of fused-ring (bicyclic) bond motifs is 1. The number of likely N-dealkylation sites (tertiary alicyclic amines) is 1. The van der Waals surface area contributed by atoms with Crippen molar-refractivity contribution in [1.82, 2.24) is 20.1 Å². The predicted molar refractivity (Wildman–Crippen MR) is 114 cm³/mol. The Kier molecular flexibility index (Phi) is 6.97. The predicted octanol–water partition coefficient (Wildman–Crippen LogP) is 3.10. The van der Waals surface area contributed by atoms with Gasteiger partial charge in [-0.05, 0) is 78.0 Å². The van der Waals surface area contributed by atoms with Crippen LogP contribution in [0.25, 0.3) is 10.9 Å². The van der Waals surface area contributed by atoms with Crippen molar-refractivity contribution in [2.24, 2.45) is 0 Å². The Balaban J connectivity index is 1.56. The molecule has 1 saturated heterocycles. The van der Waals surface area contributed by atoms with E-state index in [1.54, 1.807) is 0 Å². The van der Waals surface area contributed by atoms with Crippen molar-refractivity contribution >= 4 is 16.8 Å². The van der Waals surface area contributed by atoms with Crippen molar-refractivity contribution in [2.75, 3.05) is 40.3 Å². The Labute approximate surface area is 168 Å². The number of hydrogen-bond donors (Lipinski definition) is 2. The van der Waals surface area contributed by atoms with Crippen LogP contribution in [0.15, 0.2) is 24.3 Å². The number of hydrogen-bond acceptors (Lipinski definition) is 4. The van der Waals surface area contributed by atoms with Gasteiger partial charge in [-0.1, -0.05) is 0 Å². The molecule has 0 bridgehead atoms. The summed E-state index contributed by atoms with van der Waals surface area (Å²) in [5, 5.41) is 3.99. The third kappa shape index (κ3) is 5.49. The largest absolute Gasteiger partial charge is 0.490 e. The number of rotatable bonds is 8. The maximum Gasteiger partial charge on any atom is 0.267 e. The van der Waals surface area contributed by atoms with E-state index in [9.17, 15) is 4.79 Å². The van der Waals surface area contributed by atoms with Gasteiger partial charge in [-0.25, -0.2) is 0 Å². The van der Waals surface area contributed by atoms with E-state index in [-0.39, 0.29) is 12.0 Å². The van der Waals surface area contributed by atoms with Crippen molar-refractivity contribution in [3.8, 4) is 5.75 Å². The van der Waals surface area contributed by atoms with Crippen LogP contribution in [0, 0.1) is 0 Å². The molecule has 1 aromatic carbocycles. The monoisotopic (exact) mass is 386 g/mol. The molecule has 0 atom stereocenters. The average molecular weight is 387 g/mol. The number of ether oxygens (including phenoxy) is 1. The summed E-state index contributed by atoms with van der Waals surface area (Å²) in [5.74, 6) is 0.825. The molecule has 0 aliphatic carbocycles. The smallest absolute Gasteiger partial charge is 0.267 e. The number of H-pyrrole nitrogens is 1. The fourth-order valence-corrected chi connectivity index (χ4v) is 3.70. The van der Waals surface area contributed by atoms with E-state index in [1.165, 1.54) is 0 Å². The molecule has 1 aliphatic rings. The summed E-state index contributed by atoms with van der Waals surface area (Å²) in [6.07, 6.45) is 3.33. The molecule has 3 rings (SSSR count). The van der Waals surface area contributed by atoms with Gasteiger partial charge in [-0.3, -0.25) is 4.79 Å². The number of aromatic amines is 1. The Hall–Kier alpha value is -2.05. The molecule has 2 N–H and O–H groups in total. The van der Waals surface area contributed by atoms with Crippen LogP contribution < -0.4 is 10.1 Å². The van der Waals surface area contributed by atoms with Gasteiger partial charge >= 0.3 is 0 Å². The maximum atomic E-state index is 12.4. The van der Waals surface area contributed by atoms with Crippen LogP contribution in [0.1, 0.15) is 43.6 Å². The SMILES string of the molecule is CC(C)N1CCC(Oc2ccc3[nH]c(C(=O)NCCCN(C)C)cc3c2)CC1. The summed E-state index contributed by atoms with van der Waals surface area (Å²) in [7, 11) is 4.07. The zero-order valence-electron chi connectivity index (χ0n) is 17.6. The van der Waals surface area contributed by atoms with Gasteiger partial charge in [0.05, 0.1) is 0 Å². The number of aromatic nitrogens is 1. The van der Waals surface area contributed by atoms with Crippen molar-refractivity contribution in [2.45, 2.75) is 45.3 Å². The standard InChI is InChI=1S/C22H34N4O2/c1-16(2)26-12-8-18(9-13-26)28-19-6-7-20-17(14-19)15-21(24-20)22(27)23-10-5-11-25(3)4/h6-7,14-16,18,24H,5,8-13H2,1-4H3,(H,23,27). The molecule has 2 heterocycles. The highest BCUT2D eigenvalue weighted by molar-refractivity contribution is 5.98. The quantitative estimate of drug-likeness (QED) is 0.685. The number of nitrogens with zero attached hydrogens (tertiary/aromatic N) is 2. The van der Waals surface area contributed by atoms with Gasteiger partial charge < -0.3 is 24.8 Å². The van der Waals surface area contributed by atoms with Gasteiger partial charge in [0.1, 0.15) is 17.5 Å². The van der Waals surface area contributed by atoms with Crippen LogP contribution in [-0.2, 0) is 0 Å². The molecule has 0 radical (unpaired) electrons. The highest BCUT2D eigenvalue weighted by Crippen LogP contribution is 2.25. The molecular weight excluding hydrogens is 352 g/mol. The number of carbonyl (C=O) groups excluding carboxylic acids is 1. The minimum atomic E-state index is -0.0570.